The number of carbonyl (C=O) groups excluding carboxylic acids is 1. The Kier molecular flexibility index (Phi) is 6.15. The molecule has 1 aliphatic rings. The standard InChI is InChI=1S/C16H26N4O2/c1-3-12(4-2)15(20-7-9-22-10-8-20)16(21)19-13-5-6-14(17)18-11-13/h5-6,11-12,15H,3-4,7-10H2,1-2H3,(H2,17,18)(H,19,21). The molecule has 22 heavy (non-hydrogen) atoms. The first-order valence-corrected chi connectivity index (χ1v) is 7.99. The monoisotopic (exact) mass is 306 g/mol. The van der Waals surface area contributed by atoms with Crippen LogP contribution in [0, 0.1) is 5.92 Å². The van der Waals surface area contributed by atoms with Gasteiger partial charge in [-0.05, 0) is 18.1 Å². The molecule has 0 bridgehead atoms. The van der Waals surface area contributed by atoms with E-state index in [1.807, 2.05) is 0 Å². The molecule has 1 atom stereocenters. The highest BCUT2D eigenvalue weighted by atomic mass is 16.5. The van der Waals surface area contributed by atoms with E-state index in [1.165, 1.54) is 0 Å². The molecule has 1 aromatic heterocycles. The number of morpholine rings is 1. The van der Waals surface area contributed by atoms with Gasteiger partial charge >= 0.3 is 0 Å². The van der Waals surface area contributed by atoms with Gasteiger partial charge in [-0.15, -0.1) is 0 Å². The average Bonchev–Trinajstić information content (AvgIpc) is 2.55. The number of nitrogens with two attached hydrogens (primary N) is 1. The molecule has 0 aromatic carbocycles. The van der Waals surface area contributed by atoms with Crippen molar-refractivity contribution in [1.82, 2.24) is 9.88 Å². The Morgan fingerprint density at radius 3 is 2.59 bits per heavy atom. The number of hydrogen-bond acceptors (Lipinski definition) is 5. The minimum Gasteiger partial charge on any atom is -0.384 e. The van der Waals surface area contributed by atoms with Gasteiger partial charge in [-0.3, -0.25) is 9.69 Å². The molecule has 3 N–H and O–H groups in total. The summed E-state index contributed by atoms with van der Waals surface area (Å²) in [5, 5.41) is 2.98. The maximum Gasteiger partial charge on any atom is 0.242 e. The predicted molar refractivity (Wildman–Crippen MR) is 87.5 cm³/mol. The van der Waals surface area contributed by atoms with Crippen LogP contribution in [-0.4, -0.2) is 48.1 Å². The second-order valence-corrected chi connectivity index (χ2v) is 5.63. The minimum absolute atomic E-state index is 0.0298. The summed E-state index contributed by atoms with van der Waals surface area (Å²) in [4.78, 5) is 19.1. The van der Waals surface area contributed by atoms with Gasteiger partial charge in [0.2, 0.25) is 5.91 Å². The van der Waals surface area contributed by atoms with E-state index in [0.717, 1.165) is 25.9 Å². The number of nitrogens with zero attached hydrogens (tertiary/aromatic N) is 2. The first-order chi connectivity index (χ1) is 10.7. The summed E-state index contributed by atoms with van der Waals surface area (Å²) in [6.45, 7) is 7.25. The van der Waals surface area contributed by atoms with E-state index in [1.54, 1.807) is 18.3 Å². The molecule has 1 saturated heterocycles. The van der Waals surface area contributed by atoms with Crippen LogP contribution in [0.4, 0.5) is 11.5 Å². The largest absolute Gasteiger partial charge is 0.384 e. The van der Waals surface area contributed by atoms with Crippen molar-refractivity contribution in [3.63, 3.8) is 0 Å². The SMILES string of the molecule is CCC(CC)C(C(=O)Nc1ccc(N)nc1)N1CCOCC1. The van der Waals surface area contributed by atoms with Crippen molar-refractivity contribution >= 4 is 17.4 Å². The molecular formula is C16H26N4O2. The van der Waals surface area contributed by atoms with E-state index in [2.05, 4.69) is 29.0 Å². The number of amides is 1. The fourth-order valence-corrected chi connectivity index (χ4v) is 2.96. The molecule has 6 heteroatoms. The van der Waals surface area contributed by atoms with Crippen molar-refractivity contribution in [3.05, 3.63) is 18.3 Å². The number of hydrogen-bond donors (Lipinski definition) is 2. The Morgan fingerprint density at radius 2 is 2.05 bits per heavy atom. The Labute approximate surface area is 132 Å². The number of pyridine rings is 1. The zero-order valence-corrected chi connectivity index (χ0v) is 13.4. The number of aromatic nitrogens is 1. The topological polar surface area (TPSA) is 80.5 Å². The molecule has 1 aliphatic heterocycles. The number of carbonyl (C=O) groups is 1. The Hall–Kier alpha value is -1.66. The van der Waals surface area contributed by atoms with Crippen LogP contribution in [0.1, 0.15) is 26.7 Å². The van der Waals surface area contributed by atoms with E-state index in [0.29, 0.717) is 30.6 Å². The number of ether oxygens (including phenoxy) is 1. The molecule has 1 fully saturated rings. The molecule has 0 spiro atoms. The van der Waals surface area contributed by atoms with Gasteiger partial charge in [0.25, 0.3) is 0 Å². The zero-order chi connectivity index (χ0) is 15.9. The molecule has 6 nitrogen and oxygen atoms in total. The first kappa shape index (κ1) is 16.7. The van der Waals surface area contributed by atoms with Gasteiger partial charge < -0.3 is 15.8 Å². The van der Waals surface area contributed by atoms with Crippen LogP contribution in [0.2, 0.25) is 0 Å². The van der Waals surface area contributed by atoms with E-state index in [9.17, 15) is 4.79 Å². The van der Waals surface area contributed by atoms with E-state index < -0.39 is 0 Å². The van der Waals surface area contributed by atoms with Crippen molar-refractivity contribution in [2.45, 2.75) is 32.7 Å². The van der Waals surface area contributed by atoms with Gasteiger partial charge in [0, 0.05) is 13.1 Å². The molecule has 122 valence electrons. The van der Waals surface area contributed by atoms with E-state index in [-0.39, 0.29) is 11.9 Å². The molecule has 1 aromatic rings. The fraction of sp³-hybridized carbons (Fsp3) is 0.625. The summed E-state index contributed by atoms with van der Waals surface area (Å²) in [6.07, 6.45) is 3.55. The maximum atomic E-state index is 12.8. The van der Waals surface area contributed by atoms with Crippen LogP contribution in [0.3, 0.4) is 0 Å². The quantitative estimate of drug-likeness (QED) is 0.837. The van der Waals surface area contributed by atoms with Crippen LogP contribution in [-0.2, 0) is 9.53 Å². The highest BCUT2D eigenvalue weighted by Crippen LogP contribution is 2.22. The first-order valence-electron chi connectivity index (χ1n) is 7.99. The fourth-order valence-electron chi connectivity index (χ4n) is 2.96. The Balaban J connectivity index is 2.12. The van der Waals surface area contributed by atoms with Crippen LogP contribution in [0.5, 0.6) is 0 Å². The summed E-state index contributed by atoms with van der Waals surface area (Å²) < 4.78 is 5.41. The summed E-state index contributed by atoms with van der Waals surface area (Å²) in [5.74, 6) is 0.810. The van der Waals surface area contributed by atoms with Crippen LogP contribution in [0.15, 0.2) is 18.3 Å². The molecule has 1 unspecified atom stereocenters. The summed E-state index contributed by atoms with van der Waals surface area (Å²) in [6, 6.07) is 3.34. The number of nitrogen functional groups attached to an aromatic ring is 1. The second kappa shape index (κ2) is 8.10. The van der Waals surface area contributed by atoms with E-state index in [4.69, 9.17) is 10.5 Å². The smallest absolute Gasteiger partial charge is 0.242 e. The third-order valence-electron chi connectivity index (χ3n) is 4.26. The van der Waals surface area contributed by atoms with Crippen molar-refractivity contribution < 1.29 is 9.53 Å². The minimum atomic E-state index is -0.128. The van der Waals surface area contributed by atoms with Gasteiger partial charge in [-0.1, -0.05) is 26.7 Å². The predicted octanol–water partition coefficient (Wildman–Crippen LogP) is 1.74. The van der Waals surface area contributed by atoms with Gasteiger partial charge in [-0.2, -0.15) is 0 Å². The lowest BCUT2D eigenvalue weighted by atomic mass is 9.91. The summed E-state index contributed by atoms with van der Waals surface area (Å²) >= 11 is 0. The van der Waals surface area contributed by atoms with Gasteiger partial charge in [0.1, 0.15) is 5.82 Å². The third kappa shape index (κ3) is 4.18. The molecular weight excluding hydrogens is 280 g/mol. The van der Waals surface area contributed by atoms with Gasteiger partial charge in [0.05, 0.1) is 31.1 Å². The lowest BCUT2D eigenvalue weighted by Gasteiger charge is -2.37. The second-order valence-electron chi connectivity index (χ2n) is 5.63. The molecule has 2 heterocycles. The lowest BCUT2D eigenvalue weighted by Crippen LogP contribution is -2.52. The Morgan fingerprint density at radius 1 is 1.36 bits per heavy atom. The highest BCUT2D eigenvalue weighted by molar-refractivity contribution is 5.95. The number of anilines is 2. The summed E-state index contributed by atoms with van der Waals surface area (Å²) in [7, 11) is 0. The highest BCUT2D eigenvalue weighted by Gasteiger charge is 2.32. The lowest BCUT2D eigenvalue weighted by molar-refractivity contribution is -0.125. The normalized spacial score (nSPS) is 17.4. The molecule has 1 amide bonds. The third-order valence-corrected chi connectivity index (χ3v) is 4.26. The van der Waals surface area contributed by atoms with Gasteiger partial charge in [0.15, 0.2) is 0 Å². The summed E-state index contributed by atoms with van der Waals surface area (Å²) in [5.41, 5.74) is 6.26. The number of rotatable bonds is 6. The molecule has 2 rings (SSSR count). The van der Waals surface area contributed by atoms with Crippen LogP contribution in [0.25, 0.3) is 0 Å². The van der Waals surface area contributed by atoms with Crippen LogP contribution < -0.4 is 11.1 Å². The molecule has 0 aliphatic carbocycles. The van der Waals surface area contributed by atoms with Crippen molar-refractivity contribution in [3.8, 4) is 0 Å². The number of nitrogens with one attached hydrogen (secondary N) is 1. The van der Waals surface area contributed by atoms with Crippen LogP contribution >= 0.6 is 0 Å². The van der Waals surface area contributed by atoms with Gasteiger partial charge in [-0.25, -0.2) is 4.98 Å². The average molecular weight is 306 g/mol. The Bertz CT molecular complexity index is 468. The zero-order valence-electron chi connectivity index (χ0n) is 13.4. The molecule has 0 radical (unpaired) electrons. The van der Waals surface area contributed by atoms with Crippen molar-refractivity contribution in [2.75, 3.05) is 37.4 Å². The maximum absolute atomic E-state index is 12.8. The van der Waals surface area contributed by atoms with Crippen molar-refractivity contribution in [1.29, 1.82) is 0 Å². The van der Waals surface area contributed by atoms with Crippen molar-refractivity contribution in [2.24, 2.45) is 5.92 Å². The van der Waals surface area contributed by atoms with E-state index >= 15 is 0 Å². The molecule has 0 saturated carbocycles.